The zero-order chi connectivity index (χ0) is 8.27. The standard InChI is InChI=1S/C6H6BrNO/c1-9-6-5(7)3-2-4-8-6/h2-4H,1H3/i1D2. The fraction of sp³-hybridized carbons (Fsp3) is 0.167. The molecule has 9 heavy (non-hydrogen) atoms. The molecule has 0 radical (unpaired) electrons. The first-order valence-electron chi connectivity index (χ1n) is 3.47. The quantitative estimate of drug-likeness (QED) is 0.674. The van der Waals surface area contributed by atoms with E-state index < -0.39 is 7.06 Å². The highest BCUT2D eigenvalue weighted by Gasteiger charge is 1.95. The Morgan fingerprint density at radius 3 is 3.44 bits per heavy atom. The summed E-state index contributed by atoms with van der Waals surface area (Å²) in [5.41, 5.74) is 0. The highest BCUT2D eigenvalue weighted by Crippen LogP contribution is 2.19. The van der Waals surface area contributed by atoms with E-state index in [0.29, 0.717) is 4.47 Å². The number of halogens is 1. The van der Waals surface area contributed by atoms with E-state index in [9.17, 15) is 0 Å². The van der Waals surface area contributed by atoms with Gasteiger partial charge >= 0.3 is 0 Å². The van der Waals surface area contributed by atoms with Crippen molar-refractivity contribution in [2.75, 3.05) is 7.06 Å². The molecular weight excluding hydrogens is 182 g/mol. The Bertz CT molecular complexity index is 244. The minimum atomic E-state index is -1.33. The molecule has 1 heterocycles. The van der Waals surface area contributed by atoms with Crippen molar-refractivity contribution in [3.8, 4) is 5.88 Å². The van der Waals surface area contributed by atoms with Gasteiger partial charge in [0.15, 0.2) is 0 Å². The highest BCUT2D eigenvalue weighted by atomic mass is 79.9. The zero-order valence-electron chi connectivity index (χ0n) is 6.54. The van der Waals surface area contributed by atoms with Gasteiger partial charge in [0.25, 0.3) is 0 Å². The van der Waals surface area contributed by atoms with Gasteiger partial charge in [-0.25, -0.2) is 4.98 Å². The van der Waals surface area contributed by atoms with E-state index in [1.54, 1.807) is 18.3 Å². The third-order valence-corrected chi connectivity index (χ3v) is 1.44. The molecule has 0 N–H and O–H groups in total. The van der Waals surface area contributed by atoms with Crippen LogP contribution in [0.3, 0.4) is 0 Å². The van der Waals surface area contributed by atoms with Crippen molar-refractivity contribution in [1.82, 2.24) is 4.98 Å². The molecule has 0 aliphatic rings. The second kappa shape index (κ2) is 2.82. The van der Waals surface area contributed by atoms with Gasteiger partial charge < -0.3 is 4.74 Å². The first kappa shape index (κ1) is 4.28. The third-order valence-electron chi connectivity index (χ3n) is 0.836. The van der Waals surface area contributed by atoms with E-state index in [1.165, 1.54) is 0 Å². The molecule has 0 aliphatic carbocycles. The van der Waals surface area contributed by atoms with Gasteiger partial charge in [-0.3, -0.25) is 0 Å². The molecule has 1 rings (SSSR count). The lowest BCUT2D eigenvalue weighted by molar-refractivity contribution is 0.395. The van der Waals surface area contributed by atoms with Gasteiger partial charge in [-0.05, 0) is 28.1 Å². The molecule has 0 saturated heterocycles. The molecular formula is C6H6BrNO. The monoisotopic (exact) mass is 189 g/mol. The zero-order valence-corrected chi connectivity index (χ0v) is 6.13. The molecule has 0 atom stereocenters. The summed E-state index contributed by atoms with van der Waals surface area (Å²) >= 11 is 3.17. The van der Waals surface area contributed by atoms with E-state index in [2.05, 4.69) is 20.9 Å². The van der Waals surface area contributed by atoms with Gasteiger partial charge in [-0.1, -0.05) is 0 Å². The van der Waals surface area contributed by atoms with E-state index in [0.717, 1.165) is 0 Å². The maximum atomic E-state index is 6.80. The Morgan fingerprint density at radius 2 is 2.78 bits per heavy atom. The number of hydrogen-bond donors (Lipinski definition) is 0. The molecule has 0 aromatic carbocycles. The summed E-state index contributed by atoms with van der Waals surface area (Å²) < 4.78 is 19.0. The van der Waals surface area contributed by atoms with Crippen LogP contribution in [-0.4, -0.2) is 12.0 Å². The molecule has 48 valence electrons. The van der Waals surface area contributed by atoms with Crippen molar-refractivity contribution in [3.05, 3.63) is 22.8 Å². The molecule has 1 aromatic rings. The number of pyridine rings is 1. The van der Waals surface area contributed by atoms with E-state index in [-0.39, 0.29) is 5.88 Å². The Morgan fingerprint density at radius 1 is 1.89 bits per heavy atom. The van der Waals surface area contributed by atoms with Gasteiger partial charge in [-0.15, -0.1) is 0 Å². The number of aromatic nitrogens is 1. The molecule has 0 bridgehead atoms. The summed E-state index contributed by atoms with van der Waals surface area (Å²) in [5, 5.41) is 0. The summed E-state index contributed by atoms with van der Waals surface area (Å²) in [4.78, 5) is 3.81. The van der Waals surface area contributed by atoms with Crippen LogP contribution in [0.5, 0.6) is 5.88 Å². The van der Waals surface area contributed by atoms with Crippen molar-refractivity contribution >= 4 is 15.9 Å². The van der Waals surface area contributed by atoms with Crippen LogP contribution in [0.1, 0.15) is 2.74 Å². The number of nitrogens with zero attached hydrogens (tertiary/aromatic N) is 1. The summed E-state index contributed by atoms with van der Waals surface area (Å²) in [5.74, 6) is 0.280. The molecule has 0 amide bonds. The molecule has 0 saturated carbocycles. The Hall–Kier alpha value is -0.570. The van der Waals surface area contributed by atoms with Crippen LogP contribution in [0.15, 0.2) is 22.8 Å². The average molecular weight is 190 g/mol. The second-order valence-electron chi connectivity index (χ2n) is 1.41. The maximum Gasteiger partial charge on any atom is 0.227 e. The fourth-order valence-electron chi connectivity index (χ4n) is 0.458. The smallest absolute Gasteiger partial charge is 0.227 e. The summed E-state index contributed by atoms with van der Waals surface area (Å²) in [6.07, 6.45) is 1.54. The van der Waals surface area contributed by atoms with Gasteiger partial charge in [-0.2, -0.15) is 0 Å². The van der Waals surface area contributed by atoms with Gasteiger partial charge in [0.05, 0.1) is 14.3 Å². The fourth-order valence-corrected chi connectivity index (χ4v) is 0.806. The number of hydrogen-bond acceptors (Lipinski definition) is 2. The Kier molecular flexibility index (Phi) is 1.34. The van der Waals surface area contributed by atoms with Crippen molar-refractivity contribution in [3.63, 3.8) is 0 Å². The third kappa shape index (κ3) is 1.42. The first-order chi connectivity index (χ1) is 5.20. The lowest BCUT2D eigenvalue weighted by Gasteiger charge is -1.97. The van der Waals surface area contributed by atoms with Crippen LogP contribution < -0.4 is 4.74 Å². The van der Waals surface area contributed by atoms with Crippen LogP contribution in [0, 0.1) is 0 Å². The molecule has 0 spiro atoms. The van der Waals surface area contributed by atoms with Crippen molar-refractivity contribution < 1.29 is 7.48 Å². The predicted octanol–water partition coefficient (Wildman–Crippen LogP) is 1.85. The SMILES string of the molecule is [2H]C([2H])Oc1ncccc1Br. The lowest BCUT2D eigenvalue weighted by Crippen LogP contribution is -1.86. The first-order valence-corrected chi connectivity index (χ1v) is 3.11. The van der Waals surface area contributed by atoms with Crippen molar-refractivity contribution in [2.24, 2.45) is 0 Å². The van der Waals surface area contributed by atoms with Crippen LogP contribution in [-0.2, 0) is 0 Å². The molecule has 0 aliphatic heterocycles. The molecule has 1 aromatic heterocycles. The van der Waals surface area contributed by atoms with Crippen molar-refractivity contribution in [2.45, 2.75) is 0 Å². The van der Waals surface area contributed by atoms with Crippen LogP contribution in [0.25, 0.3) is 0 Å². The average Bonchev–Trinajstić information content (AvgIpc) is 1.93. The van der Waals surface area contributed by atoms with Crippen LogP contribution in [0.4, 0.5) is 0 Å². The van der Waals surface area contributed by atoms with Crippen LogP contribution in [0.2, 0.25) is 0 Å². The molecule has 0 unspecified atom stereocenters. The topological polar surface area (TPSA) is 22.1 Å². The lowest BCUT2D eigenvalue weighted by atomic mass is 10.5. The van der Waals surface area contributed by atoms with Gasteiger partial charge in [0.2, 0.25) is 5.88 Å². The van der Waals surface area contributed by atoms with E-state index in [4.69, 9.17) is 7.48 Å². The number of ether oxygens (including phenoxy) is 1. The minimum absolute atomic E-state index is 0.280. The molecule has 0 fully saturated rings. The maximum absolute atomic E-state index is 6.80. The summed E-state index contributed by atoms with van der Waals surface area (Å²) in [6, 6.07) is 3.48. The molecule has 2 nitrogen and oxygen atoms in total. The largest absolute Gasteiger partial charge is 0.480 e. The highest BCUT2D eigenvalue weighted by molar-refractivity contribution is 9.10. The van der Waals surface area contributed by atoms with Crippen LogP contribution >= 0.6 is 15.9 Å². The van der Waals surface area contributed by atoms with Crippen molar-refractivity contribution in [1.29, 1.82) is 0 Å². The van der Waals surface area contributed by atoms with Gasteiger partial charge in [0, 0.05) is 6.20 Å². The Labute approximate surface area is 64.8 Å². The summed E-state index contributed by atoms with van der Waals surface area (Å²) in [7, 11) is -1.33. The second-order valence-corrected chi connectivity index (χ2v) is 2.26. The number of methoxy groups -OCH3 is 1. The van der Waals surface area contributed by atoms with Gasteiger partial charge in [0.1, 0.15) is 0 Å². The summed E-state index contributed by atoms with van der Waals surface area (Å²) in [6.45, 7) is 0. The molecule has 3 heteroatoms. The number of rotatable bonds is 1. The normalized spacial score (nSPS) is 12.7. The van der Waals surface area contributed by atoms with E-state index in [1.807, 2.05) is 0 Å². The Balaban J connectivity index is 2.78. The van der Waals surface area contributed by atoms with E-state index >= 15 is 0 Å². The predicted molar refractivity (Wildman–Crippen MR) is 38.5 cm³/mol. The minimum Gasteiger partial charge on any atom is -0.480 e.